The topological polar surface area (TPSA) is 29.1 Å². The van der Waals surface area contributed by atoms with Gasteiger partial charge in [-0.2, -0.15) is 0 Å². The number of nitrogens with one attached hydrogen (secondary N) is 1. The van der Waals surface area contributed by atoms with Crippen molar-refractivity contribution in [3.63, 3.8) is 0 Å². The first-order valence-electron chi connectivity index (χ1n) is 4.74. The summed E-state index contributed by atoms with van der Waals surface area (Å²) in [5.41, 5.74) is 0.501. The summed E-state index contributed by atoms with van der Waals surface area (Å²) >= 11 is 1.87. The molecule has 82 valence electrons. The summed E-state index contributed by atoms with van der Waals surface area (Å²) in [5, 5.41) is 2.78. The minimum Gasteiger partial charge on any atom is -0.352 e. The Morgan fingerprint density at radius 1 is 1.53 bits per heavy atom. The molecule has 1 aromatic carbocycles. The van der Waals surface area contributed by atoms with E-state index in [2.05, 4.69) is 5.32 Å². The predicted octanol–water partition coefficient (Wildman–Crippen LogP) is 2.82. The molecule has 15 heavy (non-hydrogen) atoms. The number of amides is 1. The third kappa shape index (κ3) is 3.77. The van der Waals surface area contributed by atoms with Crippen LogP contribution in [-0.2, 0) is 0 Å². The van der Waals surface area contributed by atoms with E-state index >= 15 is 0 Å². The Labute approximate surface area is 102 Å². The zero-order valence-corrected chi connectivity index (χ0v) is 10.8. The first kappa shape index (κ1) is 12.4. The molecule has 0 aliphatic rings. The van der Waals surface area contributed by atoms with Crippen LogP contribution in [0.3, 0.4) is 0 Å². The molecular weight excluding hydrogens is 308 g/mol. The SMILES string of the molecule is CC(C)CNC(=O)c1ccc(F)c(I)c1. The number of rotatable bonds is 3. The van der Waals surface area contributed by atoms with E-state index in [0.717, 1.165) is 0 Å². The Morgan fingerprint density at radius 2 is 2.20 bits per heavy atom. The Kier molecular flexibility index (Phi) is 4.50. The molecule has 0 saturated heterocycles. The maximum Gasteiger partial charge on any atom is 0.251 e. The summed E-state index contributed by atoms with van der Waals surface area (Å²) in [6, 6.07) is 4.35. The zero-order valence-electron chi connectivity index (χ0n) is 8.68. The minimum absolute atomic E-state index is 0.151. The van der Waals surface area contributed by atoms with E-state index in [4.69, 9.17) is 0 Å². The number of benzene rings is 1. The molecule has 0 bridgehead atoms. The quantitative estimate of drug-likeness (QED) is 0.852. The van der Waals surface area contributed by atoms with Gasteiger partial charge in [-0.1, -0.05) is 13.8 Å². The second kappa shape index (κ2) is 5.44. The van der Waals surface area contributed by atoms with E-state index in [1.807, 2.05) is 36.4 Å². The normalized spacial score (nSPS) is 10.5. The van der Waals surface area contributed by atoms with Crippen LogP contribution in [0, 0.1) is 15.3 Å². The van der Waals surface area contributed by atoms with Crippen LogP contribution >= 0.6 is 22.6 Å². The van der Waals surface area contributed by atoms with Gasteiger partial charge in [0.05, 0.1) is 0 Å². The lowest BCUT2D eigenvalue weighted by molar-refractivity contribution is 0.0949. The maximum absolute atomic E-state index is 12.9. The van der Waals surface area contributed by atoms with Gasteiger partial charge in [-0.15, -0.1) is 0 Å². The lowest BCUT2D eigenvalue weighted by Crippen LogP contribution is -2.27. The van der Waals surface area contributed by atoms with Crippen LogP contribution in [0.15, 0.2) is 18.2 Å². The molecule has 1 amide bonds. The molecule has 0 radical (unpaired) electrons. The fourth-order valence-corrected chi connectivity index (χ4v) is 1.55. The molecule has 1 N–H and O–H groups in total. The van der Waals surface area contributed by atoms with Crippen molar-refractivity contribution in [2.24, 2.45) is 5.92 Å². The molecular formula is C11H13FINO. The van der Waals surface area contributed by atoms with Crippen LogP contribution in [0.1, 0.15) is 24.2 Å². The lowest BCUT2D eigenvalue weighted by atomic mass is 10.2. The Hall–Kier alpha value is -0.650. The summed E-state index contributed by atoms with van der Waals surface area (Å²) in [6.45, 7) is 4.68. The molecule has 0 atom stereocenters. The van der Waals surface area contributed by atoms with Gasteiger partial charge in [0.15, 0.2) is 0 Å². The van der Waals surface area contributed by atoms with Gasteiger partial charge in [0.1, 0.15) is 5.82 Å². The average Bonchev–Trinajstić information content (AvgIpc) is 2.18. The number of carbonyl (C=O) groups is 1. The highest BCUT2D eigenvalue weighted by Gasteiger charge is 2.08. The van der Waals surface area contributed by atoms with Crippen LogP contribution in [-0.4, -0.2) is 12.5 Å². The molecule has 0 fully saturated rings. The van der Waals surface area contributed by atoms with Crippen molar-refractivity contribution in [3.05, 3.63) is 33.1 Å². The average molecular weight is 321 g/mol. The van der Waals surface area contributed by atoms with Crippen LogP contribution in [0.5, 0.6) is 0 Å². The van der Waals surface area contributed by atoms with Crippen molar-refractivity contribution < 1.29 is 9.18 Å². The molecule has 0 aromatic heterocycles. The largest absolute Gasteiger partial charge is 0.352 e. The number of hydrogen-bond donors (Lipinski definition) is 1. The molecule has 1 rings (SSSR count). The van der Waals surface area contributed by atoms with E-state index in [1.165, 1.54) is 12.1 Å². The molecule has 0 heterocycles. The summed E-state index contributed by atoms with van der Waals surface area (Å²) < 4.78 is 13.4. The summed E-state index contributed by atoms with van der Waals surface area (Å²) in [7, 11) is 0. The van der Waals surface area contributed by atoms with Gasteiger partial charge in [-0.05, 0) is 46.7 Å². The van der Waals surface area contributed by atoms with Crippen molar-refractivity contribution in [1.29, 1.82) is 0 Å². The van der Waals surface area contributed by atoms with Crippen LogP contribution in [0.25, 0.3) is 0 Å². The first-order valence-corrected chi connectivity index (χ1v) is 5.82. The molecule has 2 nitrogen and oxygen atoms in total. The summed E-state index contributed by atoms with van der Waals surface area (Å²) in [5.74, 6) is -0.0360. The van der Waals surface area contributed by atoms with Gasteiger partial charge in [-0.25, -0.2) is 4.39 Å². The molecule has 0 spiro atoms. The second-order valence-electron chi connectivity index (χ2n) is 3.73. The fraction of sp³-hybridized carbons (Fsp3) is 0.364. The van der Waals surface area contributed by atoms with Gasteiger partial charge in [0, 0.05) is 15.7 Å². The molecule has 1 aromatic rings. The van der Waals surface area contributed by atoms with Crippen LogP contribution in [0.4, 0.5) is 4.39 Å². The van der Waals surface area contributed by atoms with Gasteiger partial charge in [-0.3, -0.25) is 4.79 Å². The number of carbonyl (C=O) groups excluding carboxylic acids is 1. The van der Waals surface area contributed by atoms with Gasteiger partial charge in [0.25, 0.3) is 5.91 Å². The third-order valence-corrected chi connectivity index (χ3v) is 2.68. The Morgan fingerprint density at radius 3 is 2.73 bits per heavy atom. The lowest BCUT2D eigenvalue weighted by Gasteiger charge is -2.07. The predicted molar refractivity (Wildman–Crippen MR) is 66.3 cm³/mol. The highest BCUT2D eigenvalue weighted by molar-refractivity contribution is 14.1. The number of hydrogen-bond acceptors (Lipinski definition) is 1. The first-order chi connectivity index (χ1) is 7.00. The van der Waals surface area contributed by atoms with Crippen LogP contribution < -0.4 is 5.32 Å². The maximum atomic E-state index is 12.9. The van der Waals surface area contributed by atoms with Gasteiger partial charge in [0.2, 0.25) is 0 Å². The Bertz CT molecular complexity index is 366. The Balaban J connectivity index is 2.70. The standard InChI is InChI=1S/C11H13FINO/c1-7(2)6-14-11(15)8-3-4-9(12)10(13)5-8/h3-5,7H,6H2,1-2H3,(H,14,15). The van der Waals surface area contributed by atoms with E-state index in [9.17, 15) is 9.18 Å². The molecule has 4 heteroatoms. The van der Waals surface area contributed by atoms with Crippen molar-refractivity contribution in [3.8, 4) is 0 Å². The fourth-order valence-electron chi connectivity index (χ4n) is 1.04. The van der Waals surface area contributed by atoms with E-state index in [1.54, 1.807) is 6.07 Å². The molecule has 0 aliphatic heterocycles. The van der Waals surface area contributed by atoms with Crippen molar-refractivity contribution in [2.75, 3.05) is 6.54 Å². The molecule has 0 saturated carbocycles. The van der Waals surface area contributed by atoms with Gasteiger partial charge < -0.3 is 5.32 Å². The summed E-state index contributed by atoms with van der Waals surface area (Å²) in [4.78, 5) is 11.6. The van der Waals surface area contributed by atoms with E-state index in [0.29, 0.717) is 21.6 Å². The monoisotopic (exact) mass is 321 g/mol. The highest BCUT2D eigenvalue weighted by Crippen LogP contribution is 2.12. The highest BCUT2D eigenvalue weighted by atomic mass is 127. The smallest absolute Gasteiger partial charge is 0.251 e. The van der Waals surface area contributed by atoms with E-state index in [-0.39, 0.29) is 11.7 Å². The second-order valence-corrected chi connectivity index (χ2v) is 4.89. The van der Waals surface area contributed by atoms with Gasteiger partial charge >= 0.3 is 0 Å². The zero-order chi connectivity index (χ0) is 11.4. The summed E-state index contributed by atoms with van der Waals surface area (Å²) in [6.07, 6.45) is 0. The minimum atomic E-state index is -0.295. The van der Waals surface area contributed by atoms with Crippen molar-refractivity contribution >= 4 is 28.5 Å². The van der Waals surface area contributed by atoms with Crippen molar-refractivity contribution in [1.82, 2.24) is 5.32 Å². The van der Waals surface area contributed by atoms with E-state index < -0.39 is 0 Å². The van der Waals surface area contributed by atoms with Crippen molar-refractivity contribution in [2.45, 2.75) is 13.8 Å². The van der Waals surface area contributed by atoms with Crippen LogP contribution in [0.2, 0.25) is 0 Å². The third-order valence-electron chi connectivity index (χ3n) is 1.85. The molecule has 0 aliphatic carbocycles. The number of halogens is 2. The molecule has 0 unspecified atom stereocenters.